The summed E-state index contributed by atoms with van der Waals surface area (Å²) in [6.07, 6.45) is 5.36. The second-order valence-corrected chi connectivity index (χ2v) is 6.35. The normalized spacial score (nSPS) is 11.8. The summed E-state index contributed by atoms with van der Waals surface area (Å²) in [4.78, 5) is 16.1. The number of urea groups is 1. The van der Waals surface area contributed by atoms with Gasteiger partial charge in [-0.2, -0.15) is 0 Å². The Balaban J connectivity index is 1.58. The third kappa shape index (κ3) is 4.61. The molecule has 0 spiro atoms. The molecular weight excluding hydrogens is 355 g/mol. The zero-order chi connectivity index (χ0) is 18.5. The molecule has 2 amide bonds. The monoisotopic (exact) mass is 372 g/mol. The van der Waals surface area contributed by atoms with Crippen molar-refractivity contribution in [3.63, 3.8) is 0 Å². The van der Waals surface area contributed by atoms with E-state index < -0.39 is 17.9 Å². The van der Waals surface area contributed by atoms with E-state index >= 15 is 0 Å². The maximum atomic E-state index is 13.9. The number of anilines is 1. The van der Waals surface area contributed by atoms with E-state index in [1.807, 2.05) is 35.0 Å². The summed E-state index contributed by atoms with van der Waals surface area (Å²) in [5, 5.41) is 5.86. The van der Waals surface area contributed by atoms with Crippen LogP contribution in [0.2, 0.25) is 5.02 Å². The molecule has 1 atom stereocenters. The van der Waals surface area contributed by atoms with Crippen LogP contribution in [0.15, 0.2) is 61.2 Å². The van der Waals surface area contributed by atoms with Gasteiger partial charge in [-0.3, -0.25) is 0 Å². The van der Waals surface area contributed by atoms with Gasteiger partial charge in [0.2, 0.25) is 0 Å². The lowest BCUT2D eigenvalue weighted by Crippen LogP contribution is -2.31. The van der Waals surface area contributed by atoms with E-state index in [1.165, 1.54) is 18.2 Å². The van der Waals surface area contributed by atoms with Crippen LogP contribution in [-0.4, -0.2) is 15.6 Å². The quantitative estimate of drug-likeness (QED) is 0.687. The topological polar surface area (TPSA) is 59.0 Å². The Morgan fingerprint density at radius 1 is 1.27 bits per heavy atom. The number of nitrogens with zero attached hydrogens (tertiary/aromatic N) is 2. The Morgan fingerprint density at radius 3 is 2.73 bits per heavy atom. The largest absolute Gasteiger partial charge is 0.333 e. The first kappa shape index (κ1) is 17.9. The summed E-state index contributed by atoms with van der Waals surface area (Å²) in [5.74, 6) is -0.411. The average molecular weight is 373 g/mol. The van der Waals surface area contributed by atoms with Crippen LogP contribution in [0.1, 0.15) is 24.1 Å². The highest BCUT2D eigenvalue weighted by atomic mass is 35.5. The van der Waals surface area contributed by atoms with Gasteiger partial charge in [-0.05, 0) is 42.8 Å². The van der Waals surface area contributed by atoms with Gasteiger partial charge >= 0.3 is 6.03 Å². The molecule has 5 nitrogen and oxygen atoms in total. The SMILES string of the molecule is C[C@H](NC(=O)Nc1ccc(Cn2ccnc2)cc1)c1cc(Cl)ccc1F. The fourth-order valence-corrected chi connectivity index (χ4v) is 2.75. The number of aromatic nitrogens is 2. The van der Waals surface area contributed by atoms with Crippen LogP contribution >= 0.6 is 11.6 Å². The van der Waals surface area contributed by atoms with Gasteiger partial charge < -0.3 is 15.2 Å². The van der Waals surface area contributed by atoms with Crippen LogP contribution in [0.25, 0.3) is 0 Å². The van der Waals surface area contributed by atoms with Gasteiger partial charge in [-0.1, -0.05) is 23.7 Å². The summed E-state index contributed by atoms with van der Waals surface area (Å²) >= 11 is 5.89. The molecule has 2 aromatic carbocycles. The van der Waals surface area contributed by atoms with Crippen LogP contribution in [0.4, 0.5) is 14.9 Å². The smallest absolute Gasteiger partial charge is 0.319 e. The number of nitrogens with one attached hydrogen (secondary N) is 2. The molecule has 0 radical (unpaired) electrons. The van der Waals surface area contributed by atoms with Crippen molar-refractivity contribution in [3.8, 4) is 0 Å². The standard InChI is InChI=1S/C19H18ClFN4O/c1-13(17-10-15(20)4-7-18(17)21)23-19(26)24-16-5-2-14(3-6-16)11-25-9-8-22-12-25/h2-10,12-13H,11H2,1H3,(H2,23,24,26)/t13-/m0/s1. The minimum atomic E-state index is -0.519. The molecule has 0 aliphatic heterocycles. The van der Waals surface area contributed by atoms with E-state index in [4.69, 9.17) is 11.6 Å². The maximum Gasteiger partial charge on any atom is 0.319 e. The zero-order valence-electron chi connectivity index (χ0n) is 14.1. The van der Waals surface area contributed by atoms with Crippen LogP contribution in [0, 0.1) is 5.82 Å². The molecule has 3 rings (SSSR count). The summed E-state index contributed by atoms with van der Waals surface area (Å²) in [6.45, 7) is 2.40. The Hall–Kier alpha value is -2.86. The number of benzene rings is 2. The van der Waals surface area contributed by atoms with Crippen molar-refractivity contribution in [1.82, 2.24) is 14.9 Å². The van der Waals surface area contributed by atoms with Crippen molar-refractivity contribution < 1.29 is 9.18 Å². The van der Waals surface area contributed by atoms with Crippen molar-refractivity contribution in [1.29, 1.82) is 0 Å². The predicted octanol–water partition coefficient (Wildman–Crippen LogP) is 4.61. The van der Waals surface area contributed by atoms with E-state index in [-0.39, 0.29) is 0 Å². The summed E-state index contributed by atoms with van der Waals surface area (Å²) in [5.41, 5.74) is 2.07. The Labute approximate surface area is 155 Å². The van der Waals surface area contributed by atoms with Crippen LogP contribution < -0.4 is 10.6 Å². The molecule has 0 saturated heterocycles. The molecule has 1 aromatic heterocycles. The molecule has 0 aliphatic rings. The Morgan fingerprint density at radius 2 is 2.04 bits per heavy atom. The predicted molar refractivity (Wildman–Crippen MR) is 99.8 cm³/mol. The van der Waals surface area contributed by atoms with E-state index in [0.29, 0.717) is 22.8 Å². The number of hydrogen-bond donors (Lipinski definition) is 2. The lowest BCUT2D eigenvalue weighted by Gasteiger charge is -2.16. The molecule has 2 N–H and O–H groups in total. The molecular formula is C19H18ClFN4O. The highest BCUT2D eigenvalue weighted by Gasteiger charge is 2.14. The lowest BCUT2D eigenvalue weighted by atomic mass is 10.1. The second kappa shape index (κ2) is 8.01. The molecule has 7 heteroatoms. The minimum absolute atomic E-state index is 0.336. The van der Waals surface area contributed by atoms with Crippen molar-refractivity contribution in [3.05, 3.63) is 83.2 Å². The van der Waals surface area contributed by atoms with Crippen LogP contribution in [0.3, 0.4) is 0 Å². The first-order chi connectivity index (χ1) is 12.5. The van der Waals surface area contributed by atoms with Gasteiger partial charge in [0.1, 0.15) is 5.82 Å². The van der Waals surface area contributed by atoms with Crippen molar-refractivity contribution in [2.45, 2.75) is 19.5 Å². The molecule has 0 saturated carbocycles. The molecule has 3 aromatic rings. The molecule has 1 heterocycles. The van der Waals surface area contributed by atoms with Gasteiger partial charge in [0, 0.05) is 35.2 Å². The highest BCUT2D eigenvalue weighted by Crippen LogP contribution is 2.21. The molecule has 0 fully saturated rings. The molecule has 134 valence electrons. The number of rotatable bonds is 5. The first-order valence-electron chi connectivity index (χ1n) is 8.08. The number of carbonyl (C=O) groups is 1. The van der Waals surface area contributed by atoms with Crippen LogP contribution in [0.5, 0.6) is 0 Å². The van der Waals surface area contributed by atoms with Crippen molar-refractivity contribution in [2.75, 3.05) is 5.32 Å². The van der Waals surface area contributed by atoms with E-state index in [9.17, 15) is 9.18 Å². The van der Waals surface area contributed by atoms with E-state index in [1.54, 1.807) is 19.4 Å². The summed E-state index contributed by atoms with van der Waals surface area (Å²) in [6, 6.07) is 10.8. The molecule has 26 heavy (non-hydrogen) atoms. The molecule has 0 bridgehead atoms. The number of hydrogen-bond acceptors (Lipinski definition) is 2. The van der Waals surface area contributed by atoms with E-state index in [2.05, 4.69) is 15.6 Å². The van der Waals surface area contributed by atoms with Crippen molar-refractivity contribution in [2.24, 2.45) is 0 Å². The third-order valence-electron chi connectivity index (χ3n) is 3.91. The number of amides is 2. The fraction of sp³-hybridized carbons (Fsp3) is 0.158. The van der Waals surface area contributed by atoms with Gasteiger partial charge in [0.05, 0.1) is 12.4 Å². The molecule has 0 aliphatic carbocycles. The second-order valence-electron chi connectivity index (χ2n) is 5.92. The lowest BCUT2D eigenvalue weighted by molar-refractivity contribution is 0.249. The van der Waals surface area contributed by atoms with Crippen molar-refractivity contribution >= 4 is 23.3 Å². The Bertz CT molecular complexity index is 881. The summed E-state index contributed by atoms with van der Waals surface area (Å²) < 4.78 is 15.8. The number of halogens is 2. The Kier molecular flexibility index (Phi) is 5.53. The average Bonchev–Trinajstić information content (AvgIpc) is 3.11. The molecule has 0 unspecified atom stereocenters. The first-order valence-corrected chi connectivity index (χ1v) is 8.46. The third-order valence-corrected chi connectivity index (χ3v) is 4.14. The van der Waals surface area contributed by atoms with Crippen LogP contribution in [-0.2, 0) is 6.54 Å². The van der Waals surface area contributed by atoms with E-state index in [0.717, 1.165) is 5.56 Å². The van der Waals surface area contributed by atoms with Gasteiger partial charge in [-0.25, -0.2) is 14.2 Å². The maximum absolute atomic E-state index is 13.9. The number of imidazole rings is 1. The fourth-order valence-electron chi connectivity index (χ4n) is 2.57. The minimum Gasteiger partial charge on any atom is -0.333 e. The van der Waals surface area contributed by atoms with Gasteiger partial charge in [0.25, 0.3) is 0 Å². The highest BCUT2D eigenvalue weighted by molar-refractivity contribution is 6.30. The van der Waals surface area contributed by atoms with Gasteiger partial charge in [0.15, 0.2) is 0 Å². The summed E-state index contributed by atoms with van der Waals surface area (Å²) in [7, 11) is 0. The number of carbonyl (C=O) groups excluding carboxylic acids is 1. The van der Waals surface area contributed by atoms with Gasteiger partial charge in [-0.15, -0.1) is 0 Å². The zero-order valence-corrected chi connectivity index (χ0v) is 14.9.